The van der Waals surface area contributed by atoms with E-state index >= 15 is 0 Å². The average Bonchev–Trinajstić information content (AvgIpc) is 3.46. The third kappa shape index (κ3) is 6.77. The highest BCUT2D eigenvalue weighted by Crippen LogP contribution is 2.21. The fourth-order valence-electron chi connectivity index (χ4n) is 3.91. The van der Waals surface area contributed by atoms with Crippen LogP contribution in [0.3, 0.4) is 0 Å². The molecule has 5 atom stereocenters. The molecule has 1 fully saturated rings. The molecule has 11 heteroatoms. The molecule has 2 heterocycles. The second-order valence-corrected chi connectivity index (χ2v) is 9.02. The minimum Gasteiger partial charge on any atom is -0.480 e. The van der Waals surface area contributed by atoms with Gasteiger partial charge in [-0.3, -0.25) is 14.4 Å². The summed E-state index contributed by atoms with van der Waals surface area (Å²) in [5, 5.41) is 14.8. The molecule has 6 N–H and O–H groups in total. The maximum absolute atomic E-state index is 13.3. The number of imidazole rings is 1. The normalized spacial score (nSPS) is 19.6. The third-order valence-corrected chi connectivity index (χ3v) is 6.18. The van der Waals surface area contributed by atoms with E-state index < -0.39 is 42.0 Å². The Balaban J connectivity index is 2.08. The molecule has 0 saturated carbocycles. The van der Waals surface area contributed by atoms with Gasteiger partial charge in [0.05, 0.1) is 12.4 Å². The summed E-state index contributed by atoms with van der Waals surface area (Å²) in [5.41, 5.74) is 6.71. The van der Waals surface area contributed by atoms with Gasteiger partial charge in [-0.05, 0) is 24.7 Å². The Bertz CT molecular complexity index is 827. The second kappa shape index (κ2) is 11.8. The minimum absolute atomic E-state index is 0.239. The topological polar surface area (TPSA) is 171 Å². The Hall–Kier alpha value is -2.95. The number of H-pyrrole nitrogens is 1. The molecule has 0 aromatic carbocycles. The molecule has 1 aromatic heterocycles. The molecule has 1 saturated heterocycles. The van der Waals surface area contributed by atoms with Crippen molar-refractivity contribution in [2.24, 2.45) is 17.6 Å². The summed E-state index contributed by atoms with van der Waals surface area (Å²) in [6.45, 7) is 7.57. The Labute approximate surface area is 193 Å². The molecular formula is C22H36N6O5. The molecule has 5 unspecified atom stereocenters. The molecule has 11 nitrogen and oxygen atoms in total. The number of likely N-dealkylation sites (tertiary alicyclic amines) is 1. The highest BCUT2D eigenvalue weighted by atomic mass is 16.4. The Morgan fingerprint density at radius 3 is 2.48 bits per heavy atom. The molecule has 1 aliphatic heterocycles. The smallest absolute Gasteiger partial charge is 0.326 e. The molecule has 184 valence electrons. The van der Waals surface area contributed by atoms with Gasteiger partial charge in [0, 0.05) is 24.9 Å². The lowest BCUT2D eigenvalue weighted by Crippen LogP contribution is -2.58. The summed E-state index contributed by atoms with van der Waals surface area (Å²) in [6, 6.07) is -3.53. The van der Waals surface area contributed by atoms with Crippen LogP contribution >= 0.6 is 0 Å². The number of hydrogen-bond acceptors (Lipinski definition) is 6. The number of amides is 3. The summed E-state index contributed by atoms with van der Waals surface area (Å²) < 4.78 is 0. The van der Waals surface area contributed by atoms with Gasteiger partial charge in [-0.2, -0.15) is 0 Å². The predicted molar refractivity (Wildman–Crippen MR) is 121 cm³/mol. The first-order valence-corrected chi connectivity index (χ1v) is 11.4. The number of nitrogens with two attached hydrogens (primary N) is 1. The SMILES string of the molecule is CCC(C)C(NC(=O)C1CCCN1C(=O)C(NC(=O)C(N)Cc1cnc[nH]1)C(C)C)C(=O)O. The fraction of sp³-hybridized carbons (Fsp3) is 0.682. The zero-order chi connectivity index (χ0) is 24.7. The molecule has 1 aliphatic rings. The maximum atomic E-state index is 13.3. The van der Waals surface area contributed by atoms with Crippen LogP contribution in [0.5, 0.6) is 0 Å². The maximum Gasteiger partial charge on any atom is 0.326 e. The van der Waals surface area contributed by atoms with Crippen LogP contribution in [0, 0.1) is 11.8 Å². The molecule has 0 bridgehead atoms. The summed E-state index contributed by atoms with van der Waals surface area (Å²) in [5.74, 6) is -2.93. The molecule has 2 rings (SSSR count). The summed E-state index contributed by atoms with van der Waals surface area (Å²) >= 11 is 0. The number of carboxylic acids is 1. The van der Waals surface area contributed by atoms with Gasteiger partial charge in [-0.1, -0.05) is 34.1 Å². The quantitative estimate of drug-likeness (QED) is 0.307. The van der Waals surface area contributed by atoms with Gasteiger partial charge < -0.3 is 31.4 Å². The zero-order valence-corrected chi connectivity index (χ0v) is 19.7. The van der Waals surface area contributed by atoms with Gasteiger partial charge in [-0.25, -0.2) is 9.78 Å². The third-order valence-electron chi connectivity index (χ3n) is 6.18. The first-order chi connectivity index (χ1) is 15.6. The van der Waals surface area contributed by atoms with Crippen molar-refractivity contribution in [3.05, 3.63) is 18.2 Å². The number of hydrogen-bond donors (Lipinski definition) is 5. The number of carbonyl (C=O) groups excluding carboxylic acids is 3. The van der Waals surface area contributed by atoms with Crippen molar-refractivity contribution >= 4 is 23.7 Å². The lowest BCUT2D eigenvalue weighted by Gasteiger charge is -2.32. The number of rotatable bonds is 11. The molecular weight excluding hydrogens is 428 g/mol. The van der Waals surface area contributed by atoms with Crippen molar-refractivity contribution in [2.45, 2.75) is 77.5 Å². The van der Waals surface area contributed by atoms with Gasteiger partial charge in [-0.15, -0.1) is 0 Å². The number of aliphatic carboxylic acids is 1. The largest absolute Gasteiger partial charge is 0.480 e. The number of carboxylic acid groups (broad SMARTS) is 1. The molecule has 0 aliphatic carbocycles. The molecule has 0 spiro atoms. The minimum atomic E-state index is -1.10. The van der Waals surface area contributed by atoms with Crippen molar-refractivity contribution in [3.8, 4) is 0 Å². The monoisotopic (exact) mass is 464 g/mol. The van der Waals surface area contributed by atoms with Crippen LogP contribution in [0.25, 0.3) is 0 Å². The molecule has 3 amide bonds. The van der Waals surface area contributed by atoms with E-state index in [1.807, 2.05) is 6.92 Å². The summed E-state index contributed by atoms with van der Waals surface area (Å²) in [7, 11) is 0. The van der Waals surface area contributed by atoms with Crippen molar-refractivity contribution in [1.29, 1.82) is 0 Å². The Morgan fingerprint density at radius 1 is 1.24 bits per heavy atom. The van der Waals surface area contributed by atoms with Gasteiger partial charge in [0.1, 0.15) is 18.1 Å². The van der Waals surface area contributed by atoms with Gasteiger partial charge in [0.15, 0.2) is 0 Å². The van der Waals surface area contributed by atoms with Gasteiger partial charge >= 0.3 is 5.97 Å². The lowest BCUT2D eigenvalue weighted by molar-refractivity contribution is -0.146. The summed E-state index contributed by atoms with van der Waals surface area (Å²) in [4.78, 5) is 58.7. The van der Waals surface area contributed by atoms with Crippen LogP contribution in [0.4, 0.5) is 0 Å². The molecule has 1 aromatic rings. The lowest BCUT2D eigenvalue weighted by atomic mass is 9.98. The Morgan fingerprint density at radius 2 is 1.94 bits per heavy atom. The van der Waals surface area contributed by atoms with Crippen LogP contribution in [0.1, 0.15) is 52.7 Å². The van der Waals surface area contributed by atoms with Crippen LogP contribution < -0.4 is 16.4 Å². The number of aromatic nitrogens is 2. The van der Waals surface area contributed by atoms with Crippen LogP contribution in [0.2, 0.25) is 0 Å². The number of nitrogens with one attached hydrogen (secondary N) is 3. The van der Waals surface area contributed by atoms with Crippen molar-refractivity contribution in [1.82, 2.24) is 25.5 Å². The highest BCUT2D eigenvalue weighted by Gasteiger charge is 2.40. The molecule has 33 heavy (non-hydrogen) atoms. The van der Waals surface area contributed by atoms with E-state index in [-0.39, 0.29) is 24.2 Å². The first kappa shape index (κ1) is 26.3. The molecule has 0 radical (unpaired) electrons. The second-order valence-electron chi connectivity index (χ2n) is 9.02. The number of nitrogens with zero attached hydrogens (tertiary/aromatic N) is 2. The van der Waals surface area contributed by atoms with Gasteiger partial charge in [0.25, 0.3) is 0 Å². The van der Waals surface area contributed by atoms with E-state index in [1.54, 1.807) is 27.0 Å². The highest BCUT2D eigenvalue weighted by molar-refractivity contribution is 5.94. The first-order valence-electron chi connectivity index (χ1n) is 11.4. The van der Waals surface area contributed by atoms with E-state index in [0.29, 0.717) is 31.5 Å². The standard InChI is InChI=1S/C22H36N6O5/c1-5-13(4)18(22(32)33)27-20(30)16-7-6-8-28(16)21(31)17(12(2)3)26-19(29)15(23)9-14-10-24-11-25-14/h10-13,15-18H,5-9,23H2,1-4H3,(H,24,25)(H,26,29)(H,27,30)(H,32,33). The fourth-order valence-corrected chi connectivity index (χ4v) is 3.91. The van der Waals surface area contributed by atoms with Crippen molar-refractivity contribution in [3.63, 3.8) is 0 Å². The van der Waals surface area contributed by atoms with Crippen LogP contribution in [0.15, 0.2) is 12.5 Å². The van der Waals surface area contributed by atoms with Crippen molar-refractivity contribution < 1.29 is 24.3 Å². The van der Waals surface area contributed by atoms with E-state index in [4.69, 9.17) is 5.73 Å². The summed E-state index contributed by atoms with van der Waals surface area (Å²) in [6.07, 6.45) is 4.95. The van der Waals surface area contributed by atoms with E-state index in [0.717, 1.165) is 0 Å². The van der Waals surface area contributed by atoms with Crippen molar-refractivity contribution in [2.75, 3.05) is 6.54 Å². The van der Waals surface area contributed by atoms with Gasteiger partial charge in [0.2, 0.25) is 17.7 Å². The van der Waals surface area contributed by atoms with E-state index in [1.165, 1.54) is 11.2 Å². The van der Waals surface area contributed by atoms with Crippen LogP contribution in [-0.4, -0.2) is 74.4 Å². The predicted octanol–water partition coefficient (Wildman–Crippen LogP) is 0.0268. The zero-order valence-electron chi connectivity index (χ0n) is 19.7. The Kier molecular flexibility index (Phi) is 9.39. The van der Waals surface area contributed by atoms with E-state index in [9.17, 15) is 24.3 Å². The van der Waals surface area contributed by atoms with Crippen LogP contribution in [-0.2, 0) is 25.6 Å². The van der Waals surface area contributed by atoms with E-state index in [2.05, 4.69) is 20.6 Å². The average molecular weight is 465 g/mol. The number of aromatic amines is 1. The number of carbonyl (C=O) groups is 4.